The highest BCUT2D eigenvalue weighted by Crippen LogP contribution is 2.28. The summed E-state index contributed by atoms with van der Waals surface area (Å²) in [4.78, 5) is 16.5. The van der Waals surface area contributed by atoms with Gasteiger partial charge in [-0.05, 0) is 19.3 Å². The van der Waals surface area contributed by atoms with Gasteiger partial charge in [-0.3, -0.25) is 4.79 Å². The van der Waals surface area contributed by atoms with E-state index in [0.717, 1.165) is 43.4 Å². The van der Waals surface area contributed by atoms with Crippen LogP contribution in [0.25, 0.3) is 11.3 Å². The van der Waals surface area contributed by atoms with Gasteiger partial charge in [0.05, 0.1) is 11.7 Å². The Balaban J connectivity index is 1.46. The maximum atomic E-state index is 12.2. The van der Waals surface area contributed by atoms with Gasteiger partial charge in [0.2, 0.25) is 5.91 Å². The van der Waals surface area contributed by atoms with Gasteiger partial charge in [-0.25, -0.2) is 4.98 Å². The highest BCUT2D eigenvalue weighted by Gasteiger charge is 2.33. The van der Waals surface area contributed by atoms with E-state index in [1.807, 2.05) is 30.3 Å². The Kier molecular flexibility index (Phi) is 5.30. The maximum Gasteiger partial charge on any atom is 0.220 e. The molecule has 0 saturated heterocycles. The summed E-state index contributed by atoms with van der Waals surface area (Å²) in [6.45, 7) is 0.527. The van der Waals surface area contributed by atoms with Gasteiger partial charge in [-0.15, -0.1) is 0 Å². The number of hydrogen-bond donors (Lipinski definition) is 2. The summed E-state index contributed by atoms with van der Waals surface area (Å²) in [5.74, 6) is 1.52. The molecule has 1 amide bonds. The van der Waals surface area contributed by atoms with Crippen molar-refractivity contribution in [1.82, 2.24) is 10.3 Å². The SMILES string of the molecule is NCC1(NC(=O)CCCc2ncc(-c3ccccc3)o2)CCCC1. The molecule has 24 heavy (non-hydrogen) atoms. The first kappa shape index (κ1) is 16.7. The van der Waals surface area contributed by atoms with Crippen LogP contribution in [-0.4, -0.2) is 23.0 Å². The van der Waals surface area contributed by atoms with Crippen molar-refractivity contribution in [3.63, 3.8) is 0 Å². The van der Waals surface area contributed by atoms with E-state index >= 15 is 0 Å². The van der Waals surface area contributed by atoms with Crippen LogP contribution < -0.4 is 11.1 Å². The van der Waals surface area contributed by atoms with Crippen molar-refractivity contribution in [3.8, 4) is 11.3 Å². The lowest BCUT2D eigenvalue weighted by Gasteiger charge is -2.28. The molecule has 1 aliphatic carbocycles. The molecule has 2 aromatic rings. The van der Waals surface area contributed by atoms with E-state index in [4.69, 9.17) is 10.2 Å². The fourth-order valence-corrected chi connectivity index (χ4v) is 3.35. The van der Waals surface area contributed by atoms with Crippen LogP contribution in [0.15, 0.2) is 40.9 Å². The summed E-state index contributed by atoms with van der Waals surface area (Å²) < 4.78 is 5.76. The first-order chi connectivity index (χ1) is 11.7. The second-order valence-corrected chi connectivity index (χ2v) is 6.58. The number of aromatic nitrogens is 1. The van der Waals surface area contributed by atoms with Gasteiger partial charge in [0, 0.05) is 24.9 Å². The van der Waals surface area contributed by atoms with E-state index in [-0.39, 0.29) is 11.4 Å². The van der Waals surface area contributed by atoms with Gasteiger partial charge < -0.3 is 15.5 Å². The van der Waals surface area contributed by atoms with Crippen LogP contribution in [0.5, 0.6) is 0 Å². The Morgan fingerprint density at radius 1 is 1.25 bits per heavy atom. The minimum absolute atomic E-state index is 0.0807. The number of amides is 1. The molecule has 1 saturated carbocycles. The fourth-order valence-electron chi connectivity index (χ4n) is 3.35. The number of nitrogens with two attached hydrogens (primary N) is 1. The van der Waals surface area contributed by atoms with E-state index in [9.17, 15) is 4.79 Å². The molecule has 3 N–H and O–H groups in total. The van der Waals surface area contributed by atoms with Crippen LogP contribution in [0.2, 0.25) is 0 Å². The van der Waals surface area contributed by atoms with Crippen molar-refractivity contribution in [3.05, 3.63) is 42.4 Å². The Morgan fingerprint density at radius 2 is 2.00 bits per heavy atom. The summed E-state index contributed by atoms with van der Waals surface area (Å²) >= 11 is 0. The van der Waals surface area contributed by atoms with Crippen LogP contribution in [0.4, 0.5) is 0 Å². The summed E-state index contributed by atoms with van der Waals surface area (Å²) in [5, 5.41) is 3.14. The average molecular weight is 327 g/mol. The molecule has 1 heterocycles. The van der Waals surface area contributed by atoms with E-state index in [2.05, 4.69) is 10.3 Å². The number of carbonyl (C=O) groups is 1. The van der Waals surface area contributed by atoms with Crippen LogP contribution in [0, 0.1) is 0 Å². The smallest absolute Gasteiger partial charge is 0.220 e. The molecule has 1 aromatic carbocycles. The van der Waals surface area contributed by atoms with Crippen molar-refractivity contribution >= 4 is 5.91 Å². The summed E-state index contributed by atoms with van der Waals surface area (Å²) in [7, 11) is 0. The molecule has 0 spiro atoms. The molecule has 0 radical (unpaired) electrons. The fraction of sp³-hybridized carbons (Fsp3) is 0.474. The molecule has 5 nitrogen and oxygen atoms in total. The van der Waals surface area contributed by atoms with Crippen LogP contribution >= 0.6 is 0 Å². The number of nitrogens with one attached hydrogen (secondary N) is 1. The average Bonchev–Trinajstić information content (AvgIpc) is 3.26. The molecule has 3 rings (SSSR count). The van der Waals surface area contributed by atoms with Crippen molar-refractivity contribution in [2.75, 3.05) is 6.54 Å². The number of carbonyl (C=O) groups excluding carboxylic acids is 1. The Morgan fingerprint density at radius 3 is 2.71 bits per heavy atom. The van der Waals surface area contributed by atoms with Crippen molar-refractivity contribution in [2.45, 2.75) is 50.5 Å². The first-order valence-corrected chi connectivity index (χ1v) is 8.72. The monoisotopic (exact) mass is 327 g/mol. The highest BCUT2D eigenvalue weighted by molar-refractivity contribution is 5.76. The summed E-state index contributed by atoms with van der Waals surface area (Å²) in [5.41, 5.74) is 6.70. The predicted octanol–water partition coefficient (Wildman–Crippen LogP) is 3.05. The van der Waals surface area contributed by atoms with E-state index in [1.54, 1.807) is 6.20 Å². The minimum atomic E-state index is -0.166. The quantitative estimate of drug-likeness (QED) is 0.819. The third-order valence-corrected chi connectivity index (χ3v) is 4.76. The normalized spacial score (nSPS) is 16.2. The molecule has 1 aromatic heterocycles. The lowest BCUT2D eigenvalue weighted by atomic mass is 9.97. The van der Waals surface area contributed by atoms with Crippen LogP contribution in [-0.2, 0) is 11.2 Å². The number of rotatable bonds is 7. The molecule has 0 aliphatic heterocycles. The van der Waals surface area contributed by atoms with Gasteiger partial charge in [0.25, 0.3) is 0 Å². The van der Waals surface area contributed by atoms with Crippen molar-refractivity contribution < 1.29 is 9.21 Å². The number of nitrogens with zero attached hydrogens (tertiary/aromatic N) is 1. The summed E-state index contributed by atoms with van der Waals surface area (Å²) in [6.07, 6.45) is 7.89. The minimum Gasteiger partial charge on any atom is -0.441 e. The highest BCUT2D eigenvalue weighted by atomic mass is 16.4. The zero-order valence-electron chi connectivity index (χ0n) is 14.0. The number of aryl methyl sites for hydroxylation is 1. The maximum absolute atomic E-state index is 12.2. The van der Waals surface area contributed by atoms with Gasteiger partial charge in [0.1, 0.15) is 0 Å². The Hall–Kier alpha value is -2.14. The molecule has 0 unspecified atom stereocenters. The Labute approximate surface area is 142 Å². The third kappa shape index (κ3) is 4.03. The van der Waals surface area contributed by atoms with E-state index < -0.39 is 0 Å². The molecule has 128 valence electrons. The zero-order chi connectivity index (χ0) is 16.8. The second-order valence-electron chi connectivity index (χ2n) is 6.58. The molecule has 1 fully saturated rings. The van der Waals surface area contributed by atoms with Crippen LogP contribution in [0.1, 0.15) is 44.4 Å². The van der Waals surface area contributed by atoms with Gasteiger partial charge >= 0.3 is 0 Å². The van der Waals surface area contributed by atoms with Crippen LogP contribution in [0.3, 0.4) is 0 Å². The number of hydrogen-bond acceptors (Lipinski definition) is 4. The predicted molar refractivity (Wildman–Crippen MR) is 93.3 cm³/mol. The van der Waals surface area contributed by atoms with Gasteiger partial charge in [-0.2, -0.15) is 0 Å². The molecule has 0 atom stereocenters. The van der Waals surface area contributed by atoms with E-state index in [0.29, 0.717) is 25.3 Å². The topological polar surface area (TPSA) is 81.1 Å². The van der Waals surface area contributed by atoms with Gasteiger partial charge in [0.15, 0.2) is 11.7 Å². The lowest BCUT2D eigenvalue weighted by molar-refractivity contribution is -0.123. The number of benzene rings is 1. The van der Waals surface area contributed by atoms with Gasteiger partial charge in [-0.1, -0.05) is 43.2 Å². The lowest BCUT2D eigenvalue weighted by Crippen LogP contribution is -2.51. The third-order valence-electron chi connectivity index (χ3n) is 4.76. The van der Waals surface area contributed by atoms with E-state index in [1.165, 1.54) is 0 Å². The van der Waals surface area contributed by atoms with Crippen molar-refractivity contribution in [2.24, 2.45) is 5.73 Å². The largest absolute Gasteiger partial charge is 0.441 e. The Bertz CT molecular complexity index is 660. The zero-order valence-corrected chi connectivity index (χ0v) is 14.0. The molecular weight excluding hydrogens is 302 g/mol. The van der Waals surface area contributed by atoms with Crippen molar-refractivity contribution in [1.29, 1.82) is 0 Å². The summed E-state index contributed by atoms with van der Waals surface area (Å²) in [6, 6.07) is 9.89. The molecule has 5 heteroatoms. The molecule has 0 bridgehead atoms. The standard InChI is InChI=1S/C19H25N3O2/c20-14-19(11-4-5-12-19)22-17(23)9-6-10-18-21-13-16(24-18)15-7-2-1-3-8-15/h1-3,7-8,13H,4-6,9-12,14,20H2,(H,22,23). The molecular formula is C19H25N3O2. The second kappa shape index (κ2) is 7.62. The number of oxazole rings is 1. The molecule has 1 aliphatic rings. The first-order valence-electron chi connectivity index (χ1n) is 8.72.